The summed E-state index contributed by atoms with van der Waals surface area (Å²) in [6.07, 6.45) is 2.88. The zero-order valence-corrected chi connectivity index (χ0v) is 17.4. The van der Waals surface area contributed by atoms with E-state index >= 15 is 0 Å². The summed E-state index contributed by atoms with van der Waals surface area (Å²) in [5, 5.41) is 20.1. The summed E-state index contributed by atoms with van der Waals surface area (Å²) >= 11 is 0. The molecule has 0 radical (unpaired) electrons. The molecule has 10 heteroatoms. The number of carbonyl (C=O) groups is 1. The van der Waals surface area contributed by atoms with E-state index in [1.807, 2.05) is 19.1 Å². The van der Waals surface area contributed by atoms with Crippen molar-refractivity contribution in [1.29, 1.82) is 5.26 Å². The van der Waals surface area contributed by atoms with Crippen LogP contribution in [0.2, 0.25) is 0 Å². The van der Waals surface area contributed by atoms with Gasteiger partial charge < -0.3 is 10.2 Å². The molecule has 1 aliphatic rings. The largest absolute Gasteiger partial charge is 0.350 e. The van der Waals surface area contributed by atoms with Crippen molar-refractivity contribution < 1.29 is 13.6 Å². The van der Waals surface area contributed by atoms with Crippen LogP contribution in [0.5, 0.6) is 0 Å². The Kier molecular flexibility index (Phi) is 5.81. The Morgan fingerprint density at radius 3 is 2.72 bits per heavy atom. The molecule has 32 heavy (non-hydrogen) atoms. The number of anilines is 2. The van der Waals surface area contributed by atoms with Crippen molar-refractivity contribution in [3.63, 3.8) is 0 Å². The van der Waals surface area contributed by atoms with Crippen LogP contribution in [0, 0.1) is 18.3 Å². The van der Waals surface area contributed by atoms with Gasteiger partial charge in [-0.2, -0.15) is 15.2 Å². The third-order valence-corrected chi connectivity index (χ3v) is 5.21. The highest BCUT2D eigenvalue weighted by atomic mass is 19.3. The summed E-state index contributed by atoms with van der Waals surface area (Å²) in [6, 6.07) is 11.0. The molecule has 3 aromatic rings. The third-order valence-electron chi connectivity index (χ3n) is 5.21. The lowest BCUT2D eigenvalue weighted by Gasteiger charge is -2.17. The second kappa shape index (κ2) is 8.70. The maximum atomic E-state index is 13.4. The number of aromatic nitrogens is 4. The molecule has 1 N–H and O–H groups in total. The Bertz CT molecular complexity index is 1170. The molecule has 0 aliphatic carbocycles. The molecule has 164 valence electrons. The van der Waals surface area contributed by atoms with Crippen molar-refractivity contribution in [3.8, 4) is 6.07 Å². The molecule has 1 amide bonds. The average molecular weight is 437 g/mol. The normalized spacial score (nSPS) is 14.9. The summed E-state index contributed by atoms with van der Waals surface area (Å²) in [4.78, 5) is 19.5. The van der Waals surface area contributed by atoms with Gasteiger partial charge in [0.1, 0.15) is 5.82 Å². The first kappa shape index (κ1) is 21.4. The zero-order valence-electron chi connectivity index (χ0n) is 17.4. The summed E-state index contributed by atoms with van der Waals surface area (Å²) in [5.74, 6) is -2.17. The monoisotopic (exact) mass is 437 g/mol. The zero-order chi connectivity index (χ0) is 22.7. The van der Waals surface area contributed by atoms with Crippen molar-refractivity contribution in [3.05, 3.63) is 65.0 Å². The van der Waals surface area contributed by atoms with Gasteiger partial charge in [0.25, 0.3) is 5.92 Å². The average Bonchev–Trinajstić information content (AvgIpc) is 3.34. The van der Waals surface area contributed by atoms with Crippen LogP contribution in [0.3, 0.4) is 0 Å². The molecule has 0 bridgehead atoms. The molecule has 8 nitrogen and oxygen atoms in total. The summed E-state index contributed by atoms with van der Waals surface area (Å²) in [6.45, 7) is 2.20. The minimum atomic E-state index is -2.68. The lowest BCUT2D eigenvalue weighted by molar-refractivity contribution is -0.115. The fourth-order valence-corrected chi connectivity index (χ4v) is 3.56. The Hall–Kier alpha value is -3.87. The fourth-order valence-electron chi connectivity index (χ4n) is 3.56. The molecule has 1 fully saturated rings. The second-order valence-electron chi connectivity index (χ2n) is 7.80. The standard InChI is InChI=1S/C22H21F2N7O/c1-15-8-17(2-4-18(15)10-25)13-31-27-12-19(29-31)28-21(32)9-16-3-5-20(26-11-16)30-7-6-22(23,24)14-30/h2-5,8,11-12H,6-7,9,13-14H2,1H3,(H,28,29,32). The van der Waals surface area contributed by atoms with E-state index in [2.05, 4.69) is 26.6 Å². The van der Waals surface area contributed by atoms with Gasteiger partial charge in [-0.05, 0) is 35.7 Å². The molecule has 0 unspecified atom stereocenters. The summed E-state index contributed by atoms with van der Waals surface area (Å²) in [5.41, 5.74) is 3.11. The molecule has 0 saturated carbocycles. The van der Waals surface area contributed by atoms with Gasteiger partial charge in [-0.25, -0.2) is 13.8 Å². The van der Waals surface area contributed by atoms with Crippen LogP contribution in [0.4, 0.5) is 20.4 Å². The second-order valence-corrected chi connectivity index (χ2v) is 7.80. The van der Waals surface area contributed by atoms with Gasteiger partial charge in [0.2, 0.25) is 5.91 Å². The molecule has 1 aliphatic heterocycles. The first-order valence-corrected chi connectivity index (χ1v) is 10.1. The number of alkyl halides is 2. The van der Waals surface area contributed by atoms with Crippen LogP contribution in [0.1, 0.15) is 28.7 Å². The Balaban J connectivity index is 1.31. The number of carbonyl (C=O) groups excluding carboxylic acids is 1. The van der Waals surface area contributed by atoms with E-state index in [-0.39, 0.29) is 31.8 Å². The van der Waals surface area contributed by atoms with Crippen LogP contribution in [0.15, 0.2) is 42.7 Å². The maximum Gasteiger partial charge on any atom is 0.266 e. The van der Waals surface area contributed by atoms with Crippen LogP contribution < -0.4 is 10.2 Å². The highest BCUT2D eigenvalue weighted by molar-refractivity contribution is 5.91. The first-order valence-electron chi connectivity index (χ1n) is 10.1. The van der Waals surface area contributed by atoms with Gasteiger partial charge in [-0.15, -0.1) is 5.10 Å². The lowest BCUT2D eigenvalue weighted by Crippen LogP contribution is -2.25. The van der Waals surface area contributed by atoms with E-state index in [0.29, 0.717) is 29.3 Å². The number of aryl methyl sites for hydroxylation is 1. The minimum Gasteiger partial charge on any atom is -0.350 e. The molecule has 0 spiro atoms. The van der Waals surface area contributed by atoms with Crippen LogP contribution in [0.25, 0.3) is 0 Å². The number of pyridine rings is 1. The number of nitrogens with zero attached hydrogens (tertiary/aromatic N) is 6. The van der Waals surface area contributed by atoms with Crippen molar-refractivity contribution in [2.75, 3.05) is 23.3 Å². The molecule has 4 rings (SSSR count). The molecule has 2 aromatic heterocycles. The number of amides is 1. The minimum absolute atomic E-state index is 0.0745. The highest BCUT2D eigenvalue weighted by Gasteiger charge is 2.38. The van der Waals surface area contributed by atoms with E-state index in [1.165, 1.54) is 22.1 Å². The van der Waals surface area contributed by atoms with Gasteiger partial charge in [0.05, 0.1) is 37.3 Å². The van der Waals surface area contributed by atoms with E-state index in [9.17, 15) is 13.6 Å². The van der Waals surface area contributed by atoms with Crippen molar-refractivity contribution in [2.24, 2.45) is 0 Å². The molecule has 1 saturated heterocycles. The summed E-state index contributed by atoms with van der Waals surface area (Å²) < 4.78 is 26.7. The third kappa shape index (κ3) is 5.06. The van der Waals surface area contributed by atoms with Crippen molar-refractivity contribution in [2.45, 2.75) is 32.2 Å². The van der Waals surface area contributed by atoms with E-state index < -0.39 is 5.92 Å². The van der Waals surface area contributed by atoms with E-state index in [4.69, 9.17) is 5.26 Å². The smallest absolute Gasteiger partial charge is 0.266 e. The van der Waals surface area contributed by atoms with Gasteiger partial charge in [0.15, 0.2) is 5.82 Å². The number of benzene rings is 1. The highest BCUT2D eigenvalue weighted by Crippen LogP contribution is 2.29. The van der Waals surface area contributed by atoms with Crippen LogP contribution >= 0.6 is 0 Å². The summed E-state index contributed by atoms with van der Waals surface area (Å²) in [7, 11) is 0. The van der Waals surface area contributed by atoms with E-state index in [1.54, 1.807) is 18.2 Å². The van der Waals surface area contributed by atoms with Gasteiger partial charge in [-0.3, -0.25) is 4.79 Å². The lowest BCUT2D eigenvalue weighted by atomic mass is 10.1. The molecule has 3 heterocycles. The maximum absolute atomic E-state index is 13.4. The fraction of sp³-hybridized carbons (Fsp3) is 0.318. The number of hydrogen-bond donors (Lipinski definition) is 1. The van der Waals surface area contributed by atoms with Crippen molar-refractivity contribution in [1.82, 2.24) is 20.0 Å². The number of nitrogens with one attached hydrogen (secondary N) is 1. The first-order chi connectivity index (χ1) is 15.3. The molecular weight excluding hydrogens is 416 g/mol. The van der Waals surface area contributed by atoms with Crippen LogP contribution in [-0.2, 0) is 17.8 Å². The molecule has 0 atom stereocenters. The number of rotatable bonds is 6. The van der Waals surface area contributed by atoms with Gasteiger partial charge >= 0.3 is 0 Å². The Morgan fingerprint density at radius 1 is 1.25 bits per heavy atom. The van der Waals surface area contributed by atoms with Gasteiger partial charge in [0, 0.05) is 19.2 Å². The predicted octanol–water partition coefficient (Wildman–Crippen LogP) is 2.93. The number of halogens is 2. The Labute approximate surface area is 183 Å². The van der Waals surface area contributed by atoms with Gasteiger partial charge in [-0.1, -0.05) is 18.2 Å². The van der Waals surface area contributed by atoms with Crippen molar-refractivity contribution >= 4 is 17.5 Å². The van der Waals surface area contributed by atoms with E-state index in [0.717, 1.165) is 11.1 Å². The number of nitriles is 1. The molecular formula is C22H21F2N7O. The SMILES string of the molecule is Cc1cc(Cn2ncc(NC(=O)Cc3ccc(N4CCC(F)(F)C4)nc3)n2)ccc1C#N. The van der Waals surface area contributed by atoms with Crippen LogP contribution in [-0.4, -0.2) is 44.9 Å². The quantitative estimate of drug-likeness (QED) is 0.637. The number of hydrogen-bond acceptors (Lipinski definition) is 6. The topological polar surface area (TPSA) is 99.7 Å². The Morgan fingerprint density at radius 2 is 2.06 bits per heavy atom. The molecule has 1 aromatic carbocycles. The predicted molar refractivity (Wildman–Crippen MR) is 113 cm³/mol.